The van der Waals surface area contributed by atoms with Crippen LogP contribution < -0.4 is 10.6 Å². The highest BCUT2D eigenvalue weighted by Gasteiger charge is 2.44. The van der Waals surface area contributed by atoms with E-state index in [0.717, 1.165) is 65.0 Å². The molecule has 4 aliphatic heterocycles. The summed E-state index contributed by atoms with van der Waals surface area (Å²) in [5.74, 6) is 0. The minimum absolute atomic E-state index is 0.157. The fourth-order valence-electron chi connectivity index (χ4n) is 6.23. The first-order chi connectivity index (χ1) is 16.6. The van der Waals surface area contributed by atoms with Crippen LogP contribution in [0.5, 0.6) is 0 Å². The van der Waals surface area contributed by atoms with Crippen molar-refractivity contribution in [1.82, 2.24) is 20.4 Å². The zero-order valence-corrected chi connectivity index (χ0v) is 24.2. The highest BCUT2D eigenvalue weighted by Crippen LogP contribution is 2.42. The summed E-state index contributed by atoms with van der Waals surface area (Å²) in [4.78, 5) is 27.7. The topological polar surface area (TPSA) is 83.1 Å². The zero-order chi connectivity index (χ0) is 26.8. The van der Waals surface area contributed by atoms with Gasteiger partial charge in [0.25, 0.3) is 0 Å². The Hall–Kier alpha value is -1.54. The number of ether oxygens (including phenoxy) is 2. The number of likely N-dealkylation sites (tertiary alicyclic amines) is 2. The standard InChI is InChI=1S/2C14H26N2O2/c2*1-11-14(5-8-15-11)6-9-16(10-7-14)12(17)18-13(2,3)4/h2*11,15H,5-10H2,1-4H3/t2*11-/m10/s1. The van der Waals surface area contributed by atoms with E-state index in [1.54, 1.807) is 0 Å². The zero-order valence-electron chi connectivity index (χ0n) is 24.2. The Labute approximate surface area is 219 Å². The van der Waals surface area contributed by atoms with Crippen LogP contribution in [0.2, 0.25) is 0 Å². The average Bonchev–Trinajstić information content (AvgIpc) is 3.29. The maximum Gasteiger partial charge on any atom is 0.410 e. The second-order valence-electron chi connectivity index (χ2n) is 13.5. The van der Waals surface area contributed by atoms with E-state index >= 15 is 0 Å². The first-order valence-electron chi connectivity index (χ1n) is 14.1. The van der Waals surface area contributed by atoms with Gasteiger partial charge in [0.05, 0.1) is 0 Å². The summed E-state index contributed by atoms with van der Waals surface area (Å²) in [6, 6.07) is 1.16. The van der Waals surface area contributed by atoms with Crippen LogP contribution in [-0.4, -0.2) is 84.5 Å². The quantitative estimate of drug-likeness (QED) is 0.490. The normalized spacial score (nSPS) is 27.6. The van der Waals surface area contributed by atoms with E-state index < -0.39 is 11.2 Å². The number of nitrogens with zero attached hydrogens (tertiary/aromatic N) is 2. The third-order valence-corrected chi connectivity index (χ3v) is 8.81. The van der Waals surface area contributed by atoms with Crippen LogP contribution in [-0.2, 0) is 9.47 Å². The number of amides is 2. The fourth-order valence-corrected chi connectivity index (χ4v) is 6.23. The molecule has 4 rings (SSSR count). The Morgan fingerprint density at radius 2 is 0.944 bits per heavy atom. The Kier molecular flexibility index (Phi) is 8.92. The molecule has 36 heavy (non-hydrogen) atoms. The van der Waals surface area contributed by atoms with Gasteiger partial charge in [0.1, 0.15) is 11.2 Å². The van der Waals surface area contributed by atoms with Crippen molar-refractivity contribution < 1.29 is 19.1 Å². The van der Waals surface area contributed by atoms with Gasteiger partial charge in [-0.1, -0.05) is 0 Å². The van der Waals surface area contributed by atoms with E-state index in [1.165, 1.54) is 12.8 Å². The summed E-state index contributed by atoms with van der Waals surface area (Å²) >= 11 is 0. The van der Waals surface area contributed by atoms with Crippen molar-refractivity contribution in [2.45, 2.75) is 117 Å². The van der Waals surface area contributed by atoms with Crippen molar-refractivity contribution in [3.63, 3.8) is 0 Å². The summed E-state index contributed by atoms with van der Waals surface area (Å²) in [5.41, 5.74) is 0.0415. The van der Waals surface area contributed by atoms with Crippen LogP contribution in [0.4, 0.5) is 9.59 Å². The van der Waals surface area contributed by atoms with Gasteiger partial charge >= 0.3 is 12.2 Å². The molecule has 8 nitrogen and oxygen atoms in total. The van der Waals surface area contributed by atoms with Crippen molar-refractivity contribution >= 4 is 12.2 Å². The largest absolute Gasteiger partial charge is 0.444 e. The van der Waals surface area contributed by atoms with E-state index in [4.69, 9.17) is 9.47 Å². The molecular formula is C28H52N4O4. The van der Waals surface area contributed by atoms with Crippen LogP contribution in [0.25, 0.3) is 0 Å². The van der Waals surface area contributed by atoms with Crippen molar-refractivity contribution in [3.05, 3.63) is 0 Å². The molecule has 0 aromatic rings. The number of carbonyl (C=O) groups is 2. The maximum atomic E-state index is 12.0. The molecule has 4 aliphatic rings. The second kappa shape index (κ2) is 11.1. The average molecular weight is 509 g/mol. The highest BCUT2D eigenvalue weighted by atomic mass is 16.6. The molecule has 4 fully saturated rings. The Morgan fingerprint density at radius 1 is 0.639 bits per heavy atom. The highest BCUT2D eigenvalue weighted by molar-refractivity contribution is 5.68. The van der Waals surface area contributed by atoms with Gasteiger partial charge in [-0.25, -0.2) is 9.59 Å². The molecule has 8 heteroatoms. The molecule has 4 saturated heterocycles. The minimum atomic E-state index is -0.394. The van der Waals surface area contributed by atoms with E-state index in [1.807, 2.05) is 51.3 Å². The first-order valence-corrected chi connectivity index (χ1v) is 14.1. The van der Waals surface area contributed by atoms with Crippen molar-refractivity contribution in [2.24, 2.45) is 10.8 Å². The van der Waals surface area contributed by atoms with E-state index in [2.05, 4.69) is 24.5 Å². The summed E-state index contributed by atoms with van der Waals surface area (Å²) in [6.45, 7) is 21.6. The molecule has 208 valence electrons. The molecule has 2 N–H and O–H groups in total. The van der Waals surface area contributed by atoms with Gasteiger partial charge in [-0.3, -0.25) is 0 Å². The summed E-state index contributed by atoms with van der Waals surface area (Å²) in [5, 5.41) is 7.06. The third kappa shape index (κ3) is 7.27. The molecule has 0 bridgehead atoms. The molecule has 0 aromatic carbocycles. The van der Waals surface area contributed by atoms with Gasteiger partial charge in [-0.05, 0) is 118 Å². The molecule has 2 spiro atoms. The molecule has 0 aliphatic carbocycles. The van der Waals surface area contributed by atoms with Crippen molar-refractivity contribution in [2.75, 3.05) is 39.3 Å². The minimum Gasteiger partial charge on any atom is -0.444 e. The first kappa shape index (κ1) is 29.0. The van der Waals surface area contributed by atoms with Gasteiger partial charge in [-0.2, -0.15) is 0 Å². The van der Waals surface area contributed by atoms with Crippen molar-refractivity contribution in [1.29, 1.82) is 0 Å². The number of rotatable bonds is 0. The Balaban J connectivity index is 0.000000201. The molecule has 2 amide bonds. The second-order valence-corrected chi connectivity index (χ2v) is 13.5. The number of nitrogens with one attached hydrogen (secondary N) is 2. The molecule has 2 atom stereocenters. The number of hydrogen-bond donors (Lipinski definition) is 2. The molecule has 0 saturated carbocycles. The van der Waals surface area contributed by atoms with Gasteiger partial charge in [0, 0.05) is 38.3 Å². The lowest BCUT2D eigenvalue weighted by Crippen LogP contribution is -2.48. The summed E-state index contributed by atoms with van der Waals surface area (Å²) < 4.78 is 10.9. The SMILES string of the molecule is C[C@@H]1NCCC12CCN(C(=O)OC(C)(C)C)CC2.C[C@H]1NCCC12CCN(C(=O)OC(C)(C)C)CC2. The fraction of sp³-hybridized carbons (Fsp3) is 0.929. The summed E-state index contributed by atoms with van der Waals surface area (Å²) in [7, 11) is 0. The molecule has 4 heterocycles. The third-order valence-electron chi connectivity index (χ3n) is 8.81. The van der Waals surface area contributed by atoms with Gasteiger partial charge < -0.3 is 29.9 Å². The molecular weight excluding hydrogens is 456 g/mol. The number of hydrogen-bond acceptors (Lipinski definition) is 6. The predicted molar refractivity (Wildman–Crippen MR) is 143 cm³/mol. The monoisotopic (exact) mass is 508 g/mol. The van der Waals surface area contributed by atoms with Gasteiger partial charge in [-0.15, -0.1) is 0 Å². The van der Waals surface area contributed by atoms with Gasteiger partial charge in [0.2, 0.25) is 0 Å². The Morgan fingerprint density at radius 3 is 1.17 bits per heavy atom. The van der Waals surface area contributed by atoms with Crippen molar-refractivity contribution in [3.8, 4) is 0 Å². The lowest BCUT2D eigenvalue weighted by molar-refractivity contribution is 0.00801. The predicted octanol–water partition coefficient (Wildman–Crippen LogP) is 4.77. The van der Waals surface area contributed by atoms with E-state index in [0.29, 0.717) is 22.9 Å². The lowest BCUT2D eigenvalue weighted by atomic mass is 9.73. The van der Waals surface area contributed by atoms with Crippen LogP contribution in [0.1, 0.15) is 93.9 Å². The number of carbonyl (C=O) groups excluding carboxylic acids is 2. The molecule has 0 unspecified atom stereocenters. The van der Waals surface area contributed by atoms with E-state index in [9.17, 15) is 9.59 Å². The lowest BCUT2D eigenvalue weighted by Gasteiger charge is -2.41. The van der Waals surface area contributed by atoms with E-state index in [-0.39, 0.29) is 12.2 Å². The summed E-state index contributed by atoms with van der Waals surface area (Å²) in [6.07, 6.45) is 6.57. The maximum absolute atomic E-state index is 12.0. The van der Waals surface area contributed by atoms with Crippen LogP contribution in [0, 0.1) is 10.8 Å². The van der Waals surface area contributed by atoms with Crippen LogP contribution in [0.15, 0.2) is 0 Å². The van der Waals surface area contributed by atoms with Gasteiger partial charge in [0.15, 0.2) is 0 Å². The molecule has 0 aromatic heterocycles. The van der Waals surface area contributed by atoms with Crippen LogP contribution >= 0.6 is 0 Å². The van der Waals surface area contributed by atoms with Crippen LogP contribution in [0.3, 0.4) is 0 Å². The number of piperidine rings is 2. The smallest absolute Gasteiger partial charge is 0.410 e. The molecule has 0 radical (unpaired) electrons. The Bertz CT molecular complexity index is 692.